The van der Waals surface area contributed by atoms with Crippen molar-refractivity contribution in [3.63, 3.8) is 0 Å². The summed E-state index contributed by atoms with van der Waals surface area (Å²) in [5.41, 5.74) is 1.75. The van der Waals surface area contributed by atoms with Crippen LogP contribution < -0.4 is 5.56 Å². The van der Waals surface area contributed by atoms with Gasteiger partial charge in [0.1, 0.15) is 0 Å². The summed E-state index contributed by atoms with van der Waals surface area (Å²) < 4.78 is 2.03. The van der Waals surface area contributed by atoms with Gasteiger partial charge in [0, 0.05) is 27.9 Å². The van der Waals surface area contributed by atoms with E-state index >= 15 is 0 Å². The molecule has 0 radical (unpaired) electrons. The lowest BCUT2D eigenvalue weighted by atomic mass is 10.3. The molecule has 0 aliphatic rings. The summed E-state index contributed by atoms with van der Waals surface area (Å²) in [6.07, 6.45) is 3.36. The summed E-state index contributed by atoms with van der Waals surface area (Å²) in [5, 5.41) is 2.67. The fourth-order valence-electron chi connectivity index (χ4n) is 2.35. The van der Waals surface area contributed by atoms with Crippen LogP contribution in [0, 0.1) is 0 Å². The lowest BCUT2D eigenvalue weighted by Crippen LogP contribution is -2.10. The monoisotopic (exact) mass is 325 g/mol. The van der Waals surface area contributed by atoms with E-state index in [2.05, 4.69) is 27.5 Å². The zero-order chi connectivity index (χ0) is 14.9. The minimum absolute atomic E-state index is 0.193. The SMILES string of the molecule is O=c1nc2scc(CSc3ccccc3)n2c2cnccc12. The van der Waals surface area contributed by atoms with E-state index < -0.39 is 0 Å². The van der Waals surface area contributed by atoms with Crippen LogP contribution in [-0.2, 0) is 5.75 Å². The van der Waals surface area contributed by atoms with Crippen LogP contribution in [0.2, 0.25) is 0 Å². The van der Waals surface area contributed by atoms with Crippen LogP contribution in [0.5, 0.6) is 0 Å². The standard InChI is InChI=1S/C16H11N3OS2/c20-15-13-6-7-17-8-14(13)19-11(10-22-16(19)18-15)9-21-12-4-2-1-3-5-12/h1-8,10H,9H2. The third kappa shape index (κ3) is 2.30. The van der Waals surface area contributed by atoms with Crippen LogP contribution in [0.4, 0.5) is 0 Å². The van der Waals surface area contributed by atoms with Gasteiger partial charge in [0.2, 0.25) is 0 Å². The summed E-state index contributed by atoms with van der Waals surface area (Å²) in [5.74, 6) is 0.818. The molecule has 4 nitrogen and oxygen atoms in total. The van der Waals surface area contributed by atoms with Gasteiger partial charge in [-0.3, -0.25) is 14.2 Å². The first-order valence-corrected chi connectivity index (χ1v) is 8.60. The zero-order valence-corrected chi connectivity index (χ0v) is 13.1. The lowest BCUT2D eigenvalue weighted by Gasteiger charge is -2.05. The Hall–Kier alpha value is -2.18. The van der Waals surface area contributed by atoms with Gasteiger partial charge in [-0.1, -0.05) is 18.2 Å². The van der Waals surface area contributed by atoms with E-state index in [0.717, 1.165) is 17.0 Å². The molecule has 1 aromatic carbocycles. The number of thiazole rings is 1. The number of thioether (sulfide) groups is 1. The maximum absolute atomic E-state index is 12.0. The maximum atomic E-state index is 12.0. The molecule has 3 heterocycles. The van der Waals surface area contributed by atoms with E-state index in [1.807, 2.05) is 22.6 Å². The van der Waals surface area contributed by atoms with E-state index in [4.69, 9.17) is 0 Å². The molecule has 0 spiro atoms. The summed E-state index contributed by atoms with van der Waals surface area (Å²) in [7, 11) is 0. The number of hydrogen-bond donors (Lipinski definition) is 0. The molecular weight excluding hydrogens is 314 g/mol. The molecule has 0 unspecified atom stereocenters. The molecule has 0 fully saturated rings. The highest BCUT2D eigenvalue weighted by molar-refractivity contribution is 7.98. The number of fused-ring (bicyclic) bond motifs is 3. The van der Waals surface area contributed by atoms with Crippen molar-refractivity contribution in [3.8, 4) is 0 Å². The number of aromatic nitrogens is 3. The summed E-state index contributed by atoms with van der Waals surface area (Å²) in [6, 6.07) is 12.0. The number of benzene rings is 1. The van der Waals surface area contributed by atoms with Crippen LogP contribution in [0.15, 0.2) is 63.9 Å². The third-order valence-corrected chi connectivity index (χ3v) is 5.30. The van der Waals surface area contributed by atoms with Crippen LogP contribution in [0.1, 0.15) is 5.69 Å². The molecule has 4 aromatic rings. The Morgan fingerprint density at radius 2 is 2.05 bits per heavy atom. The maximum Gasteiger partial charge on any atom is 0.281 e. The minimum atomic E-state index is -0.193. The molecular formula is C16H11N3OS2. The molecule has 22 heavy (non-hydrogen) atoms. The van der Waals surface area contributed by atoms with Gasteiger partial charge in [0.15, 0.2) is 4.96 Å². The molecule has 108 valence electrons. The zero-order valence-electron chi connectivity index (χ0n) is 11.5. The second-order valence-corrected chi connectivity index (χ2v) is 6.64. The van der Waals surface area contributed by atoms with Gasteiger partial charge in [-0.15, -0.1) is 23.1 Å². The molecule has 3 aromatic heterocycles. The van der Waals surface area contributed by atoms with Gasteiger partial charge in [0.05, 0.1) is 17.1 Å². The van der Waals surface area contributed by atoms with E-state index in [9.17, 15) is 4.79 Å². The first-order valence-electron chi connectivity index (χ1n) is 6.73. The molecule has 0 aliphatic heterocycles. The van der Waals surface area contributed by atoms with Crippen LogP contribution in [0.3, 0.4) is 0 Å². The predicted molar refractivity (Wildman–Crippen MR) is 90.6 cm³/mol. The van der Waals surface area contributed by atoms with Gasteiger partial charge >= 0.3 is 0 Å². The second-order valence-electron chi connectivity index (χ2n) is 4.76. The largest absolute Gasteiger partial charge is 0.286 e. The van der Waals surface area contributed by atoms with Crippen LogP contribution >= 0.6 is 23.1 Å². The van der Waals surface area contributed by atoms with E-state index in [1.54, 1.807) is 30.2 Å². The molecule has 0 bridgehead atoms. The Bertz CT molecular complexity index is 1010. The van der Waals surface area contributed by atoms with Gasteiger partial charge in [0.25, 0.3) is 5.56 Å². The van der Waals surface area contributed by atoms with Crippen molar-refractivity contribution >= 4 is 39.0 Å². The van der Waals surface area contributed by atoms with Crippen LogP contribution in [0.25, 0.3) is 15.9 Å². The van der Waals surface area contributed by atoms with Gasteiger partial charge < -0.3 is 0 Å². The summed E-state index contributed by atoms with van der Waals surface area (Å²) >= 11 is 3.25. The highest BCUT2D eigenvalue weighted by Gasteiger charge is 2.11. The van der Waals surface area contributed by atoms with Crippen LogP contribution in [-0.4, -0.2) is 14.4 Å². The van der Waals surface area contributed by atoms with E-state index in [1.165, 1.54) is 16.2 Å². The Kier molecular flexibility index (Phi) is 3.40. The van der Waals surface area contributed by atoms with E-state index in [0.29, 0.717) is 10.3 Å². The third-order valence-electron chi connectivity index (χ3n) is 3.38. The van der Waals surface area contributed by atoms with Crippen molar-refractivity contribution in [2.24, 2.45) is 0 Å². The lowest BCUT2D eigenvalue weighted by molar-refractivity contribution is 1.09. The molecule has 0 N–H and O–H groups in total. The Balaban J connectivity index is 1.82. The fourth-order valence-corrected chi connectivity index (χ4v) is 4.22. The van der Waals surface area contributed by atoms with E-state index in [-0.39, 0.29) is 5.56 Å². The molecule has 0 saturated carbocycles. The Morgan fingerprint density at radius 1 is 1.18 bits per heavy atom. The van der Waals surface area contributed by atoms with Crippen molar-refractivity contribution < 1.29 is 0 Å². The van der Waals surface area contributed by atoms with Crippen molar-refractivity contribution in [1.82, 2.24) is 14.4 Å². The Labute approximate surface area is 134 Å². The molecule has 0 amide bonds. The first kappa shape index (κ1) is 13.5. The van der Waals surface area contributed by atoms with Gasteiger partial charge in [-0.05, 0) is 18.2 Å². The predicted octanol–water partition coefficient (Wildman–Crippen LogP) is 3.60. The minimum Gasteiger partial charge on any atom is -0.286 e. The van der Waals surface area contributed by atoms with Gasteiger partial charge in [-0.25, -0.2) is 0 Å². The topological polar surface area (TPSA) is 47.3 Å². The second kappa shape index (κ2) is 5.55. The number of nitrogens with zero attached hydrogens (tertiary/aromatic N) is 3. The smallest absolute Gasteiger partial charge is 0.281 e. The quantitative estimate of drug-likeness (QED) is 0.540. The van der Waals surface area contributed by atoms with Crippen molar-refractivity contribution in [2.75, 3.05) is 0 Å². The number of hydrogen-bond acceptors (Lipinski definition) is 5. The summed E-state index contributed by atoms with van der Waals surface area (Å²) in [6.45, 7) is 0. The number of rotatable bonds is 3. The molecule has 0 saturated heterocycles. The van der Waals surface area contributed by atoms with Crippen molar-refractivity contribution in [1.29, 1.82) is 0 Å². The molecule has 0 atom stereocenters. The van der Waals surface area contributed by atoms with Gasteiger partial charge in [-0.2, -0.15) is 4.98 Å². The average molecular weight is 325 g/mol. The summed E-state index contributed by atoms with van der Waals surface area (Å²) in [4.78, 5) is 22.3. The van der Waals surface area contributed by atoms with Crippen molar-refractivity contribution in [2.45, 2.75) is 10.6 Å². The molecule has 4 rings (SSSR count). The fraction of sp³-hybridized carbons (Fsp3) is 0.0625. The highest BCUT2D eigenvalue weighted by atomic mass is 32.2. The first-order chi connectivity index (χ1) is 10.8. The average Bonchev–Trinajstić information content (AvgIpc) is 2.97. The molecule has 0 aliphatic carbocycles. The van der Waals surface area contributed by atoms with Crippen molar-refractivity contribution in [3.05, 3.63) is 70.2 Å². The Morgan fingerprint density at radius 3 is 2.91 bits per heavy atom. The normalized spacial score (nSPS) is 11.3. The number of pyridine rings is 1. The molecule has 6 heteroatoms. The highest BCUT2D eigenvalue weighted by Crippen LogP contribution is 2.26.